The summed E-state index contributed by atoms with van der Waals surface area (Å²) < 4.78 is 41.3. The minimum absolute atomic E-state index is 0. The number of hydrogen-bond donors (Lipinski definition) is 1. The molecule has 0 bridgehead atoms. The predicted molar refractivity (Wildman–Crippen MR) is 85.3 cm³/mol. The van der Waals surface area contributed by atoms with Crippen LogP contribution in [0.5, 0.6) is 0 Å². The van der Waals surface area contributed by atoms with E-state index in [0.717, 1.165) is 57.6 Å². The van der Waals surface area contributed by atoms with Gasteiger partial charge in [-0.2, -0.15) is 0 Å². The summed E-state index contributed by atoms with van der Waals surface area (Å²) in [6, 6.07) is 1.34. The maximum absolute atomic E-state index is 14.1. The molecule has 2 fully saturated rings. The average Bonchev–Trinajstić information content (AvgIpc) is 2.35. The molecule has 7 heteroatoms. The van der Waals surface area contributed by atoms with E-state index in [4.69, 9.17) is 0 Å². The number of piperazine rings is 1. The first-order valence-electron chi connectivity index (χ1n) is 7.26. The van der Waals surface area contributed by atoms with Crippen molar-refractivity contribution in [3.05, 3.63) is 35.1 Å². The summed E-state index contributed by atoms with van der Waals surface area (Å²) in [6.07, 6.45) is 3.09. The molecule has 1 saturated heterocycles. The van der Waals surface area contributed by atoms with Crippen molar-refractivity contribution in [2.45, 2.75) is 25.3 Å². The van der Waals surface area contributed by atoms with Gasteiger partial charge in [-0.1, -0.05) is 6.42 Å². The summed E-state index contributed by atoms with van der Waals surface area (Å²) in [6.45, 7) is 3.20. The van der Waals surface area contributed by atoms with Crippen molar-refractivity contribution in [3.63, 3.8) is 0 Å². The molecule has 1 atom stereocenters. The van der Waals surface area contributed by atoms with Gasteiger partial charge in [0.15, 0.2) is 0 Å². The fraction of sp³-hybridized carbons (Fsp3) is 0.600. The van der Waals surface area contributed by atoms with E-state index in [0.29, 0.717) is 0 Å². The molecule has 0 amide bonds. The molecule has 22 heavy (non-hydrogen) atoms. The van der Waals surface area contributed by atoms with Gasteiger partial charge in [-0.3, -0.25) is 4.90 Å². The Labute approximate surface area is 141 Å². The van der Waals surface area contributed by atoms with Gasteiger partial charge in [-0.25, -0.2) is 13.2 Å². The van der Waals surface area contributed by atoms with Crippen molar-refractivity contribution < 1.29 is 13.2 Å². The van der Waals surface area contributed by atoms with Crippen LogP contribution in [0.25, 0.3) is 0 Å². The standard InChI is InChI=1S/C15H19F3N2.2ClH/c16-11-8-12(17)14(13(18)9-11)15(10-2-1-3-10)20-6-4-19-5-7-20;;/h8-10,15,19H,1-7H2;2*1H/t15-;;/m1../s1. The van der Waals surface area contributed by atoms with Gasteiger partial charge in [0.05, 0.1) is 0 Å². The van der Waals surface area contributed by atoms with E-state index < -0.39 is 17.5 Å². The molecule has 0 unspecified atom stereocenters. The molecular weight excluding hydrogens is 336 g/mol. The van der Waals surface area contributed by atoms with Crippen molar-refractivity contribution in [2.24, 2.45) is 5.92 Å². The number of nitrogens with zero attached hydrogens (tertiary/aromatic N) is 1. The van der Waals surface area contributed by atoms with Crippen LogP contribution in [-0.2, 0) is 0 Å². The molecule has 1 aliphatic carbocycles. The van der Waals surface area contributed by atoms with Crippen LogP contribution in [0, 0.1) is 23.4 Å². The second-order valence-corrected chi connectivity index (χ2v) is 5.70. The van der Waals surface area contributed by atoms with Crippen LogP contribution in [0.15, 0.2) is 12.1 Å². The Bertz CT molecular complexity index is 469. The molecule has 1 N–H and O–H groups in total. The Morgan fingerprint density at radius 2 is 1.55 bits per heavy atom. The molecule has 126 valence electrons. The molecule has 2 nitrogen and oxygen atoms in total. The van der Waals surface area contributed by atoms with Crippen molar-refractivity contribution in [1.82, 2.24) is 10.2 Å². The van der Waals surface area contributed by atoms with Gasteiger partial charge in [-0.05, 0) is 18.8 Å². The Balaban J connectivity index is 0.00000121. The van der Waals surface area contributed by atoms with E-state index in [9.17, 15) is 13.2 Å². The minimum Gasteiger partial charge on any atom is -0.314 e. The highest BCUT2D eigenvalue weighted by molar-refractivity contribution is 5.85. The van der Waals surface area contributed by atoms with Crippen LogP contribution >= 0.6 is 24.8 Å². The zero-order valence-corrected chi connectivity index (χ0v) is 13.8. The summed E-state index contributed by atoms with van der Waals surface area (Å²) >= 11 is 0. The maximum Gasteiger partial charge on any atom is 0.133 e. The van der Waals surface area contributed by atoms with Crippen molar-refractivity contribution in [3.8, 4) is 0 Å². The number of hydrogen-bond acceptors (Lipinski definition) is 2. The lowest BCUT2D eigenvalue weighted by molar-refractivity contribution is 0.0783. The van der Waals surface area contributed by atoms with Crippen LogP contribution < -0.4 is 5.32 Å². The van der Waals surface area contributed by atoms with E-state index in [1.807, 2.05) is 0 Å². The first-order valence-corrected chi connectivity index (χ1v) is 7.26. The summed E-state index contributed by atoms with van der Waals surface area (Å²) in [4.78, 5) is 2.14. The van der Waals surface area contributed by atoms with Crippen LogP contribution in [0.2, 0.25) is 0 Å². The second kappa shape index (κ2) is 8.39. The summed E-state index contributed by atoms with van der Waals surface area (Å²) in [5.74, 6) is -2.07. The Kier molecular flexibility index (Phi) is 7.46. The molecule has 1 saturated carbocycles. The number of benzene rings is 1. The molecule has 1 heterocycles. The van der Waals surface area contributed by atoms with Gasteiger partial charge in [0.1, 0.15) is 17.5 Å². The zero-order chi connectivity index (χ0) is 14.1. The third kappa shape index (κ3) is 3.88. The Hall–Kier alpha value is -0.490. The van der Waals surface area contributed by atoms with Crippen LogP contribution in [0.3, 0.4) is 0 Å². The topological polar surface area (TPSA) is 15.3 Å². The molecule has 1 aromatic carbocycles. The number of halogens is 5. The second-order valence-electron chi connectivity index (χ2n) is 5.70. The minimum atomic E-state index is -0.851. The molecular formula is C15H21Cl2F3N2. The van der Waals surface area contributed by atoms with Gasteiger partial charge < -0.3 is 5.32 Å². The fourth-order valence-corrected chi connectivity index (χ4v) is 3.27. The SMILES string of the molecule is Cl.Cl.Fc1cc(F)c([C@@H](C2CCC2)N2CCNCC2)c(F)c1. The van der Waals surface area contributed by atoms with Crippen molar-refractivity contribution in [2.75, 3.05) is 26.2 Å². The van der Waals surface area contributed by atoms with E-state index in [2.05, 4.69) is 10.2 Å². The molecule has 0 spiro atoms. The van der Waals surface area contributed by atoms with Crippen LogP contribution in [-0.4, -0.2) is 31.1 Å². The first-order chi connectivity index (χ1) is 9.66. The zero-order valence-electron chi connectivity index (χ0n) is 12.2. The third-order valence-electron chi connectivity index (χ3n) is 4.48. The molecule has 3 rings (SSSR count). The highest BCUT2D eigenvalue weighted by Crippen LogP contribution is 2.43. The summed E-state index contributed by atoms with van der Waals surface area (Å²) in [5.41, 5.74) is 0.0537. The molecule has 1 aromatic rings. The maximum atomic E-state index is 14.1. The fourth-order valence-electron chi connectivity index (χ4n) is 3.27. The average molecular weight is 357 g/mol. The largest absolute Gasteiger partial charge is 0.314 e. The van der Waals surface area contributed by atoms with Crippen LogP contribution in [0.1, 0.15) is 30.9 Å². The highest BCUT2D eigenvalue weighted by Gasteiger charge is 2.37. The van der Waals surface area contributed by atoms with Gasteiger partial charge in [0, 0.05) is 49.9 Å². The van der Waals surface area contributed by atoms with Crippen LogP contribution in [0.4, 0.5) is 13.2 Å². The van der Waals surface area contributed by atoms with Crippen molar-refractivity contribution in [1.29, 1.82) is 0 Å². The number of nitrogens with one attached hydrogen (secondary N) is 1. The normalized spacial score (nSPS) is 20.5. The van der Waals surface area contributed by atoms with Gasteiger partial charge in [0.25, 0.3) is 0 Å². The van der Waals surface area contributed by atoms with E-state index in [1.165, 1.54) is 0 Å². The smallest absolute Gasteiger partial charge is 0.133 e. The number of rotatable bonds is 3. The van der Waals surface area contributed by atoms with E-state index in [-0.39, 0.29) is 42.3 Å². The monoisotopic (exact) mass is 356 g/mol. The molecule has 0 radical (unpaired) electrons. The molecule has 2 aliphatic rings. The first kappa shape index (κ1) is 19.6. The van der Waals surface area contributed by atoms with E-state index >= 15 is 0 Å². The lowest BCUT2D eigenvalue weighted by Crippen LogP contribution is -2.48. The van der Waals surface area contributed by atoms with Crippen molar-refractivity contribution >= 4 is 24.8 Å². The quantitative estimate of drug-likeness (QED) is 0.888. The van der Waals surface area contributed by atoms with Gasteiger partial charge in [-0.15, -0.1) is 24.8 Å². The van der Waals surface area contributed by atoms with Gasteiger partial charge in [0.2, 0.25) is 0 Å². The highest BCUT2D eigenvalue weighted by atomic mass is 35.5. The lowest BCUT2D eigenvalue weighted by atomic mass is 9.76. The summed E-state index contributed by atoms with van der Waals surface area (Å²) in [7, 11) is 0. The predicted octanol–water partition coefficient (Wildman–Crippen LogP) is 3.69. The molecule has 1 aliphatic heterocycles. The van der Waals surface area contributed by atoms with Gasteiger partial charge >= 0.3 is 0 Å². The Morgan fingerprint density at radius 3 is 2.00 bits per heavy atom. The van der Waals surface area contributed by atoms with E-state index in [1.54, 1.807) is 0 Å². The lowest BCUT2D eigenvalue weighted by Gasteiger charge is -2.43. The molecule has 0 aromatic heterocycles. The Morgan fingerprint density at radius 1 is 1.00 bits per heavy atom. The summed E-state index contributed by atoms with van der Waals surface area (Å²) in [5, 5.41) is 3.25. The third-order valence-corrected chi connectivity index (χ3v) is 4.48.